The predicted molar refractivity (Wildman–Crippen MR) is 50.4 cm³/mol. The van der Waals surface area contributed by atoms with Gasteiger partial charge in [-0.2, -0.15) is 0 Å². The zero-order chi connectivity index (χ0) is 10.2. The van der Waals surface area contributed by atoms with Crippen LogP contribution in [0.15, 0.2) is 0 Å². The lowest BCUT2D eigenvalue weighted by molar-refractivity contribution is -0.188. The summed E-state index contributed by atoms with van der Waals surface area (Å²) >= 11 is 0. The minimum atomic E-state index is -1.49. The SMILES string of the molecule is O=C1CCCN1C1CCC(O)(O)CC1. The van der Waals surface area contributed by atoms with E-state index >= 15 is 0 Å². The van der Waals surface area contributed by atoms with Gasteiger partial charge in [0.25, 0.3) is 0 Å². The lowest BCUT2D eigenvalue weighted by atomic mass is 9.89. The number of carbonyl (C=O) groups excluding carboxylic acids is 1. The van der Waals surface area contributed by atoms with E-state index in [2.05, 4.69) is 0 Å². The number of rotatable bonds is 1. The number of nitrogens with zero attached hydrogens (tertiary/aromatic N) is 1. The summed E-state index contributed by atoms with van der Waals surface area (Å²) in [6, 6.07) is 0.248. The monoisotopic (exact) mass is 199 g/mol. The topological polar surface area (TPSA) is 60.8 Å². The molecule has 2 N–H and O–H groups in total. The first-order valence-electron chi connectivity index (χ1n) is 5.33. The molecule has 1 heterocycles. The Labute approximate surface area is 83.5 Å². The summed E-state index contributed by atoms with van der Waals surface area (Å²) in [7, 11) is 0. The van der Waals surface area contributed by atoms with Gasteiger partial charge in [-0.25, -0.2) is 0 Å². The Morgan fingerprint density at radius 1 is 1.29 bits per heavy atom. The summed E-state index contributed by atoms with van der Waals surface area (Å²) in [5.41, 5.74) is 0. The smallest absolute Gasteiger partial charge is 0.222 e. The molecule has 2 rings (SSSR count). The van der Waals surface area contributed by atoms with Crippen molar-refractivity contribution in [3.05, 3.63) is 0 Å². The molecule has 0 aromatic heterocycles. The third kappa shape index (κ3) is 1.91. The maximum Gasteiger partial charge on any atom is 0.222 e. The van der Waals surface area contributed by atoms with Crippen LogP contribution in [0.1, 0.15) is 38.5 Å². The van der Waals surface area contributed by atoms with Gasteiger partial charge in [-0.1, -0.05) is 0 Å². The van der Waals surface area contributed by atoms with Gasteiger partial charge in [0.1, 0.15) is 0 Å². The Kier molecular flexibility index (Phi) is 2.49. The van der Waals surface area contributed by atoms with Crippen molar-refractivity contribution in [3.8, 4) is 0 Å². The molecule has 0 spiro atoms. The minimum Gasteiger partial charge on any atom is -0.366 e. The molecule has 1 amide bonds. The standard InChI is InChI=1S/C10H17NO3/c12-9-2-1-7-11(9)8-3-5-10(13,14)6-4-8/h8,13-14H,1-7H2. The average molecular weight is 199 g/mol. The first kappa shape index (κ1) is 9.93. The van der Waals surface area contributed by atoms with Crippen LogP contribution in [-0.2, 0) is 4.79 Å². The molecule has 1 aliphatic heterocycles. The van der Waals surface area contributed by atoms with E-state index in [9.17, 15) is 15.0 Å². The van der Waals surface area contributed by atoms with Crippen LogP contribution < -0.4 is 0 Å². The molecular weight excluding hydrogens is 182 g/mol. The van der Waals surface area contributed by atoms with Crippen LogP contribution in [0.5, 0.6) is 0 Å². The Bertz CT molecular complexity index is 230. The van der Waals surface area contributed by atoms with E-state index < -0.39 is 5.79 Å². The molecule has 0 atom stereocenters. The lowest BCUT2D eigenvalue weighted by Crippen LogP contribution is -2.44. The summed E-state index contributed by atoms with van der Waals surface area (Å²) in [5.74, 6) is -1.25. The Morgan fingerprint density at radius 2 is 1.93 bits per heavy atom. The van der Waals surface area contributed by atoms with Gasteiger partial charge in [-0.3, -0.25) is 4.79 Å². The van der Waals surface area contributed by atoms with Crippen molar-refractivity contribution in [2.24, 2.45) is 0 Å². The minimum absolute atomic E-state index is 0.235. The van der Waals surface area contributed by atoms with E-state index in [1.165, 1.54) is 0 Å². The van der Waals surface area contributed by atoms with Gasteiger partial charge >= 0.3 is 0 Å². The number of amides is 1. The van der Waals surface area contributed by atoms with Gasteiger partial charge in [-0.05, 0) is 19.3 Å². The molecule has 0 radical (unpaired) electrons. The molecule has 4 heteroatoms. The number of aliphatic hydroxyl groups is 2. The second kappa shape index (κ2) is 3.51. The van der Waals surface area contributed by atoms with Gasteiger partial charge in [0.2, 0.25) is 5.91 Å². The highest BCUT2D eigenvalue weighted by Crippen LogP contribution is 2.30. The summed E-state index contributed by atoms with van der Waals surface area (Å²) < 4.78 is 0. The van der Waals surface area contributed by atoms with Crippen molar-refractivity contribution in [1.82, 2.24) is 4.90 Å². The van der Waals surface area contributed by atoms with Crippen molar-refractivity contribution in [2.45, 2.75) is 50.4 Å². The van der Waals surface area contributed by atoms with Crippen LogP contribution >= 0.6 is 0 Å². The normalized spacial score (nSPS) is 28.4. The van der Waals surface area contributed by atoms with Gasteiger partial charge < -0.3 is 15.1 Å². The number of hydrogen-bond acceptors (Lipinski definition) is 3. The fourth-order valence-electron chi connectivity index (χ4n) is 2.43. The van der Waals surface area contributed by atoms with Crippen LogP contribution in [0.2, 0.25) is 0 Å². The number of carbonyl (C=O) groups is 1. The van der Waals surface area contributed by atoms with E-state index in [0.29, 0.717) is 19.3 Å². The summed E-state index contributed by atoms with van der Waals surface area (Å²) in [6.45, 7) is 0.855. The number of likely N-dealkylation sites (tertiary alicyclic amines) is 1. The van der Waals surface area contributed by atoms with Crippen LogP contribution in [-0.4, -0.2) is 39.4 Å². The van der Waals surface area contributed by atoms with Crippen molar-refractivity contribution in [1.29, 1.82) is 0 Å². The van der Waals surface area contributed by atoms with Crippen LogP contribution in [0.25, 0.3) is 0 Å². The molecule has 0 bridgehead atoms. The van der Waals surface area contributed by atoms with E-state index in [-0.39, 0.29) is 11.9 Å². The Balaban J connectivity index is 1.92. The fourth-order valence-corrected chi connectivity index (χ4v) is 2.43. The molecule has 0 aromatic carbocycles. The highest BCUT2D eigenvalue weighted by molar-refractivity contribution is 5.78. The fraction of sp³-hybridized carbons (Fsp3) is 0.900. The molecular formula is C10H17NO3. The van der Waals surface area contributed by atoms with Crippen LogP contribution in [0.4, 0.5) is 0 Å². The highest BCUT2D eigenvalue weighted by atomic mass is 16.5. The summed E-state index contributed by atoms with van der Waals surface area (Å²) in [6.07, 6.45) is 3.85. The summed E-state index contributed by atoms with van der Waals surface area (Å²) in [5, 5.41) is 18.7. The molecule has 1 aliphatic carbocycles. The lowest BCUT2D eigenvalue weighted by Gasteiger charge is -2.36. The zero-order valence-corrected chi connectivity index (χ0v) is 8.28. The molecule has 1 saturated heterocycles. The molecule has 80 valence electrons. The van der Waals surface area contributed by atoms with Crippen LogP contribution in [0.3, 0.4) is 0 Å². The first-order chi connectivity index (χ1) is 6.58. The molecule has 2 fully saturated rings. The third-order valence-electron chi connectivity index (χ3n) is 3.31. The largest absolute Gasteiger partial charge is 0.366 e. The molecule has 2 aliphatic rings. The Hall–Kier alpha value is -0.610. The molecule has 14 heavy (non-hydrogen) atoms. The van der Waals surface area contributed by atoms with Crippen molar-refractivity contribution >= 4 is 5.91 Å². The van der Waals surface area contributed by atoms with Gasteiger partial charge in [0.15, 0.2) is 5.79 Å². The molecule has 4 nitrogen and oxygen atoms in total. The first-order valence-corrected chi connectivity index (χ1v) is 5.33. The average Bonchev–Trinajstić information content (AvgIpc) is 2.52. The molecule has 1 saturated carbocycles. The Morgan fingerprint density at radius 3 is 2.43 bits per heavy atom. The zero-order valence-electron chi connectivity index (χ0n) is 8.28. The quantitative estimate of drug-likeness (QED) is 0.594. The van der Waals surface area contributed by atoms with E-state index in [0.717, 1.165) is 25.8 Å². The van der Waals surface area contributed by atoms with Gasteiger partial charge in [-0.15, -0.1) is 0 Å². The van der Waals surface area contributed by atoms with Gasteiger partial charge in [0, 0.05) is 31.8 Å². The number of hydrogen-bond donors (Lipinski definition) is 2. The summed E-state index contributed by atoms with van der Waals surface area (Å²) in [4.78, 5) is 13.3. The second-order valence-corrected chi connectivity index (χ2v) is 4.40. The van der Waals surface area contributed by atoms with E-state index in [1.54, 1.807) is 0 Å². The predicted octanol–water partition coefficient (Wildman–Crippen LogP) is 0.232. The third-order valence-corrected chi connectivity index (χ3v) is 3.31. The second-order valence-electron chi connectivity index (χ2n) is 4.40. The van der Waals surface area contributed by atoms with Crippen molar-refractivity contribution < 1.29 is 15.0 Å². The van der Waals surface area contributed by atoms with E-state index in [1.807, 2.05) is 4.90 Å². The maximum absolute atomic E-state index is 11.4. The van der Waals surface area contributed by atoms with Crippen molar-refractivity contribution in [3.63, 3.8) is 0 Å². The maximum atomic E-state index is 11.4. The highest BCUT2D eigenvalue weighted by Gasteiger charge is 2.36. The molecule has 0 aromatic rings. The van der Waals surface area contributed by atoms with E-state index in [4.69, 9.17) is 0 Å². The van der Waals surface area contributed by atoms with Gasteiger partial charge in [0.05, 0.1) is 0 Å². The van der Waals surface area contributed by atoms with Crippen molar-refractivity contribution in [2.75, 3.05) is 6.54 Å². The molecule has 0 unspecified atom stereocenters. The van der Waals surface area contributed by atoms with Crippen LogP contribution in [0, 0.1) is 0 Å².